The third-order valence-electron chi connectivity index (χ3n) is 2.86. The van der Waals surface area contributed by atoms with Gasteiger partial charge in [0.25, 0.3) is 0 Å². The maximum atomic E-state index is 4.53. The van der Waals surface area contributed by atoms with Crippen LogP contribution in [0.4, 0.5) is 5.82 Å². The topological polar surface area (TPSA) is 28.2 Å². The summed E-state index contributed by atoms with van der Waals surface area (Å²) in [6.07, 6.45) is 0. The Morgan fingerprint density at radius 3 is 2.53 bits per heavy atom. The molecule has 1 aromatic heterocycles. The molecule has 19 heavy (non-hydrogen) atoms. The standard InChI is InChI=1S/C15H18BrN3/c1-17-15-5-3-4-14(18-15)11-19(2)10-12-6-8-13(16)9-7-12/h3-9H,10-11H2,1-2H3,(H,17,18). The van der Waals surface area contributed by atoms with Crippen LogP contribution in [0, 0.1) is 0 Å². The van der Waals surface area contributed by atoms with Crippen LogP contribution in [-0.2, 0) is 13.1 Å². The van der Waals surface area contributed by atoms with E-state index in [1.54, 1.807) is 0 Å². The van der Waals surface area contributed by atoms with Crippen molar-refractivity contribution in [2.75, 3.05) is 19.4 Å². The zero-order chi connectivity index (χ0) is 13.7. The highest BCUT2D eigenvalue weighted by atomic mass is 79.9. The number of nitrogens with one attached hydrogen (secondary N) is 1. The van der Waals surface area contributed by atoms with Crippen LogP contribution < -0.4 is 5.32 Å². The predicted molar refractivity (Wildman–Crippen MR) is 83.1 cm³/mol. The normalized spacial score (nSPS) is 10.7. The van der Waals surface area contributed by atoms with Crippen LogP contribution in [0.15, 0.2) is 46.9 Å². The Morgan fingerprint density at radius 2 is 1.84 bits per heavy atom. The molecule has 0 aliphatic carbocycles. The van der Waals surface area contributed by atoms with E-state index in [2.05, 4.69) is 68.5 Å². The second-order valence-corrected chi connectivity index (χ2v) is 5.48. The molecule has 0 saturated carbocycles. The van der Waals surface area contributed by atoms with Gasteiger partial charge in [0.05, 0.1) is 5.69 Å². The number of rotatable bonds is 5. The summed E-state index contributed by atoms with van der Waals surface area (Å²) in [5.74, 6) is 0.912. The number of hydrogen-bond donors (Lipinski definition) is 1. The maximum Gasteiger partial charge on any atom is 0.126 e. The van der Waals surface area contributed by atoms with E-state index in [0.717, 1.165) is 29.1 Å². The van der Waals surface area contributed by atoms with Gasteiger partial charge in [-0.1, -0.05) is 34.1 Å². The molecule has 0 aliphatic heterocycles. The summed E-state index contributed by atoms with van der Waals surface area (Å²) in [5, 5.41) is 3.06. The van der Waals surface area contributed by atoms with Crippen LogP contribution in [-0.4, -0.2) is 24.0 Å². The van der Waals surface area contributed by atoms with Gasteiger partial charge in [-0.25, -0.2) is 4.98 Å². The van der Waals surface area contributed by atoms with Crippen LogP contribution in [0.5, 0.6) is 0 Å². The van der Waals surface area contributed by atoms with Gasteiger partial charge in [-0.3, -0.25) is 4.90 Å². The van der Waals surface area contributed by atoms with E-state index >= 15 is 0 Å². The highest BCUT2D eigenvalue weighted by molar-refractivity contribution is 9.10. The number of benzene rings is 1. The SMILES string of the molecule is CNc1cccc(CN(C)Cc2ccc(Br)cc2)n1. The fraction of sp³-hybridized carbons (Fsp3) is 0.267. The summed E-state index contributed by atoms with van der Waals surface area (Å²) in [6, 6.07) is 14.5. The summed E-state index contributed by atoms with van der Waals surface area (Å²) in [4.78, 5) is 6.78. The third kappa shape index (κ3) is 4.33. The summed E-state index contributed by atoms with van der Waals surface area (Å²) in [6.45, 7) is 1.75. The summed E-state index contributed by atoms with van der Waals surface area (Å²) >= 11 is 3.45. The van der Waals surface area contributed by atoms with E-state index in [9.17, 15) is 0 Å². The highest BCUT2D eigenvalue weighted by Gasteiger charge is 2.03. The number of hydrogen-bond acceptors (Lipinski definition) is 3. The molecule has 0 atom stereocenters. The van der Waals surface area contributed by atoms with E-state index in [-0.39, 0.29) is 0 Å². The van der Waals surface area contributed by atoms with Gasteiger partial charge in [0, 0.05) is 24.6 Å². The van der Waals surface area contributed by atoms with E-state index in [0.29, 0.717) is 0 Å². The molecule has 0 bridgehead atoms. The first kappa shape index (κ1) is 14.0. The van der Waals surface area contributed by atoms with Crippen molar-refractivity contribution in [2.24, 2.45) is 0 Å². The first-order chi connectivity index (χ1) is 9.17. The lowest BCUT2D eigenvalue weighted by atomic mass is 10.2. The van der Waals surface area contributed by atoms with Crippen LogP contribution in [0.25, 0.3) is 0 Å². The molecule has 3 nitrogen and oxygen atoms in total. The first-order valence-corrected chi connectivity index (χ1v) is 7.03. The van der Waals surface area contributed by atoms with Gasteiger partial charge in [0.2, 0.25) is 0 Å². The van der Waals surface area contributed by atoms with Crippen LogP contribution in [0.3, 0.4) is 0 Å². The Balaban J connectivity index is 1.96. The van der Waals surface area contributed by atoms with Crippen LogP contribution >= 0.6 is 15.9 Å². The Bertz CT molecular complexity index is 525. The molecular formula is C15H18BrN3. The number of aromatic nitrogens is 1. The molecule has 0 spiro atoms. The second kappa shape index (κ2) is 6.68. The van der Waals surface area contributed by atoms with Gasteiger partial charge in [-0.05, 0) is 36.9 Å². The molecule has 0 unspecified atom stereocenters. The summed E-state index contributed by atoms with van der Waals surface area (Å²) in [5.41, 5.74) is 2.38. The lowest BCUT2D eigenvalue weighted by Gasteiger charge is -2.16. The lowest BCUT2D eigenvalue weighted by Crippen LogP contribution is -2.18. The Kier molecular flexibility index (Phi) is 4.93. The molecule has 0 radical (unpaired) electrons. The van der Waals surface area contributed by atoms with Crippen molar-refractivity contribution in [3.05, 3.63) is 58.2 Å². The molecule has 2 rings (SSSR count). The number of pyridine rings is 1. The Labute approximate surface area is 122 Å². The number of halogens is 1. The van der Waals surface area contributed by atoms with Crippen molar-refractivity contribution < 1.29 is 0 Å². The molecule has 4 heteroatoms. The smallest absolute Gasteiger partial charge is 0.126 e. The summed E-state index contributed by atoms with van der Waals surface area (Å²) < 4.78 is 1.11. The Morgan fingerprint density at radius 1 is 1.11 bits per heavy atom. The van der Waals surface area contributed by atoms with Crippen molar-refractivity contribution in [3.63, 3.8) is 0 Å². The van der Waals surface area contributed by atoms with Gasteiger partial charge in [0.1, 0.15) is 5.82 Å². The van der Waals surface area contributed by atoms with Crippen molar-refractivity contribution >= 4 is 21.7 Å². The highest BCUT2D eigenvalue weighted by Crippen LogP contribution is 2.13. The van der Waals surface area contributed by atoms with Crippen LogP contribution in [0.1, 0.15) is 11.3 Å². The minimum atomic E-state index is 0.839. The maximum absolute atomic E-state index is 4.53. The number of nitrogens with zero attached hydrogens (tertiary/aromatic N) is 2. The number of anilines is 1. The van der Waals surface area contributed by atoms with E-state index in [1.165, 1.54) is 5.56 Å². The molecule has 1 heterocycles. The van der Waals surface area contributed by atoms with Crippen molar-refractivity contribution in [1.82, 2.24) is 9.88 Å². The monoisotopic (exact) mass is 319 g/mol. The average Bonchev–Trinajstić information content (AvgIpc) is 2.41. The zero-order valence-electron chi connectivity index (χ0n) is 11.2. The third-order valence-corrected chi connectivity index (χ3v) is 3.39. The van der Waals surface area contributed by atoms with Gasteiger partial charge >= 0.3 is 0 Å². The zero-order valence-corrected chi connectivity index (χ0v) is 12.8. The quantitative estimate of drug-likeness (QED) is 0.914. The fourth-order valence-corrected chi connectivity index (χ4v) is 2.21. The lowest BCUT2D eigenvalue weighted by molar-refractivity contribution is 0.315. The first-order valence-electron chi connectivity index (χ1n) is 6.24. The second-order valence-electron chi connectivity index (χ2n) is 4.56. The molecule has 2 aromatic rings. The van der Waals surface area contributed by atoms with E-state index in [4.69, 9.17) is 0 Å². The van der Waals surface area contributed by atoms with Crippen molar-refractivity contribution in [3.8, 4) is 0 Å². The molecule has 0 saturated heterocycles. The molecule has 0 fully saturated rings. The molecule has 100 valence electrons. The van der Waals surface area contributed by atoms with E-state index in [1.807, 2.05) is 19.2 Å². The minimum Gasteiger partial charge on any atom is -0.373 e. The summed E-state index contributed by atoms with van der Waals surface area (Å²) in [7, 11) is 3.99. The fourth-order valence-electron chi connectivity index (χ4n) is 1.94. The molecule has 0 amide bonds. The van der Waals surface area contributed by atoms with Gasteiger partial charge in [-0.15, -0.1) is 0 Å². The Hall–Kier alpha value is -1.39. The molecule has 0 aliphatic rings. The van der Waals surface area contributed by atoms with Gasteiger partial charge in [0.15, 0.2) is 0 Å². The van der Waals surface area contributed by atoms with Crippen molar-refractivity contribution in [1.29, 1.82) is 0 Å². The van der Waals surface area contributed by atoms with E-state index < -0.39 is 0 Å². The van der Waals surface area contributed by atoms with Crippen molar-refractivity contribution in [2.45, 2.75) is 13.1 Å². The molecular weight excluding hydrogens is 302 g/mol. The van der Waals surface area contributed by atoms with Gasteiger partial charge in [-0.2, -0.15) is 0 Å². The molecule has 1 aromatic carbocycles. The van der Waals surface area contributed by atoms with Crippen LogP contribution in [0.2, 0.25) is 0 Å². The minimum absolute atomic E-state index is 0.839. The molecule has 1 N–H and O–H groups in total. The predicted octanol–water partition coefficient (Wildman–Crippen LogP) is 3.52. The average molecular weight is 320 g/mol. The van der Waals surface area contributed by atoms with Gasteiger partial charge < -0.3 is 5.32 Å². The largest absolute Gasteiger partial charge is 0.373 e.